The summed E-state index contributed by atoms with van der Waals surface area (Å²) in [6.07, 6.45) is 8.35. The molecule has 10 heteroatoms. The summed E-state index contributed by atoms with van der Waals surface area (Å²) in [4.78, 5) is 36.4. The lowest BCUT2D eigenvalue weighted by molar-refractivity contribution is -0.137. The van der Waals surface area contributed by atoms with Gasteiger partial charge in [-0.25, -0.2) is 9.97 Å². The highest BCUT2D eigenvalue weighted by Crippen LogP contribution is 2.34. The van der Waals surface area contributed by atoms with Gasteiger partial charge in [0.05, 0.1) is 29.0 Å². The van der Waals surface area contributed by atoms with Crippen LogP contribution in [-0.4, -0.2) is 69.8 Å². The number of likely N-dealkylation sites (N-methyl/N-ethyl adjacent to an activating group) is 1. The number of aromatic nitrogens is 3. The van der Waals surface area contributed by atoms with Crippen LogP contribution in [0.1, 0.15) is 38.5 Å². The highest BCUT2D eigenvalue weighted by atomic mass is 35.5. The van der Waals surface area contributed by atoms with Crippen LogP contribution >= 0.6 is 11.6 Å². The first kappa shape index (κ1) is 27.6. The predicted molar refractivity (Wildman–Crippen MR) is 150 cm³/mol. The van der Waals surface area contributed by atoms with Crippen molar-refractivity contribution in [2.45, 2.75) is 45.1 Å². The summed E-state index contributed by atoms with van der Waals surface area (Å²) in [6.45, 7) is 2.74. The van der Waals surface area contributed by atoms with Gasteiger partial charge in [-0.15, -0.1) is 0 Å². The van der Waals surface area contributed by atoms with Crippen molar-refractivity contribution in [2.75, 3.05) is 38.7 Å². The van der Waals surface area contributed by atoms with Crippen LogP contribution in [0.2, 0.25) is 5.02 Å². The molecule has 1 aromatic carbocycles. The van der Waals surface area contributed by atoms with E-state index in [4.69, 9.17) is 21.4 Å². The van der Waals surface area contributed by atoms with Crippen LogP contribution in [0, 0.1) is 17.8 Å². The molecule has 0 radical (unpaired) electrons. The predicted octanol–water partition coefficient (Wildman–Crippen LogP) is 4.37. The molecule has 5 rings (SSSR count). The van der Waals surface area contributed by atoms with E-state index in [1.165, 1.54) is 0 Å². The molecule has 2 atom stereocenters. The van der Waals surface area contributed by atoms with Crippen LogP contribution in [0.15, 0.2) is 36.8 Å². The van der Waals surface area contributed by atoms with Gasteiger partial charge in [-0.2, -0.15) is 0 Å². The number of fused-ring (bicyclic) bond motifs is 1. The Hall–Kier alpha value is -3.01. The minimum Gasteiger partial charge on any atom is -0.395 e. The third-order valence-electron chi connectivity index (χ3n) is 8.04. The molecule has 1 saturated carbocycles. The summed E-state index contributed by atoms with van der Waals surface area (Å²) >= 11 is 6.57. The maximum atomic E-state index is 13.2. The van der Waals surface area contributed by atoms with E-state index in [0.29, 0.717) is 29.7 Å². The van der Waals surface area contributed by atoms with Crippen molar-refractivity contribution < 1.29 is 19.4 Å². The molecule has 3 aromatic rings. The number of benzene rings is 1. The molecule has 39 heavy (non-hydrogen) atoms. The van der Waals surface area contributed by atoms with E-state index in [1.54, 1.807) is 24.2 Å². The Morgan fingerprint density at radius 2 is 1.95 bits per heavy atom. The maximum absolute atomic E-state index is 13.2. The number of imidazole rings is 1. The van der Waals surface area contributed by atoms with Crippen LogP contribution < -0.4 is 5.32 Å². The van der Waals surface area contributed by atoms with Gasteiger partial charge in [0.2, 0.25) is 11.8 Å². The van der Waals surface area contributed by atoms with Gasteiger partial charge in [0.15, 0.2) is 0 Å². The number of hydrogen-bond donors (Lipinski definition) is 2. The number of halogens is 1. The second-order valence-corrected chi connectivity index (χ2v) is 11.1. The lowest BCUT2D eigenvalue weighted by atomic mass is 9.80. The number of pyridine rings is 1. The Morgan fingerprint density at radius 1 is 1.15 bits per heavy atom. The minimum atomic E-state index is -0.271. The molecule has 2 aromatic heterocycles. The summed E-state index contributed by atoms with van der Waals surface area (Å²) in [7, 11) is 1.69. The van der Waals surface area contributed by atoms with Crippen molar-refractivity contribution >= 4 is 40.3 Å². The Morgan fingerprint density at radius 3 is 2.74 bits per heavy atom. The van der Waals surface area contributed by atoms with E-state index < -0.39 is 0 Å². The van der Waals surface area contributed by atoms with E-state index in [1.807, 2.05) is 18.5 Å². The molecule has 2 fully saturated rings. The van der Waals surface area contributed by atoms with Gasteiger partial charge in [-0.1, -0.05) is 24.1 Å². The maximum Gasteiger partial charge on any atom is 0.228 e. The Balaban J connectivity index is 1.30. The summed E-state index contributed by atoms with van der Waals surface area (Å²) in [6, 6.07) is 7.88. The number of carbonyl (C=O) groups is 2. The van der Waals surface area contributed by atoms with E-state index in [0.717, 1.165) is 74.0 Å². The van der Waals surface area contributed by atoms with Crippen LogP contribution in [0.4, 0.5) is 5.82 Å². The molecule has 2 aliphatic rings. The molecule has 3 heterocycles. The number of aliphatic hydroxyl groups excluding tert-OH is 1. The molecular formula is C29H36ClN5O4. The molecule has 1 aliphatic carbocycles. The molecule has 9 nitrogen and oxygen atoms in total. The Bertz CT molecular complexity index is 1320. The Labute approximate surface area is 233 Å². The monoisotopic (exact) mass is 553 g/mol. The average molecular weight is 554 g/mol. The van der Waals surface area contributed by atoms with E-state index in [2.05, 4.69) is 25.9 Å². The highest BCUT2D eigenvalue weighted by molar-refractivity contribution is 6.33. The number of rotatable bonds is 8. The SMILES string of the molecule is CN(CCO)C(=O)C1CCCC(C(=O)Nc2cc(-c3ccc4ncn(CC5CCOCC5)c4c3)c(Cl)cn2)C1. The second-order valence-electron chi connectivity index (χ2n) is 10.7. The van der Waals surface area contributed by atoms with Gasteiger partial charge in [0.1, 0.15) is 5.82 Å². The summed E-state index contributed by atoms with van der Waals surface area (Å²) in [5.41, 5.74) is 3.68. The largest absolute Gasteiger partial charge is 0.395 e. The van der Waals surface area contributed by atoms with Gasteiger partial charge in [-0.05, 0) is 61.8 Å². The standard InChI is InChI=1S/C29H36ClN5O4/c1-34(9-10-36)29(38)22-4-2-3-21(13-22)28(37)33-27-15-23(24(30)16-31-27)20-5-6-25-26(14-20)35(18-32-25)17-19-7-11-39-12-8-19/h5-6,14-16,18-19,21-22,36H,2-4,7-13,17H2,1H3,(H,31,33,37). The van der Waals surface area contributed by atoms with E-state index in [-0.39, 0.29) is 30.3 Å². The number of nitrogens with zero attached hydrogens (tertiary/aromatic N) is 4. The van der Waals surface area contributed by atoms with Gasteiger partial charge >= 0.3 is 0 Å². The van der Waals surface area contributed by atoms with E-state index >= 15 is 0 Å². The number of aliphatic hydroxyl groups is 1. The fraction of sp³-hybridized carbons (Fsp3) is 0.517. The molecule has 208 valence electrons. The van der Waals surface area contributed by atoms with Crippen LogP contribution in [-0.2, 0) is 20.9 Å². The lowest BCUT2D eigenvalue weighted by Crippen LogP contribution is -2.39. The van der Waals surface area contributed by atoms with Gasteiger partial charge < -0.3 is 24.6 Å². The molecule has 2 N–H and O–H groups in total. The molecule has 1 aliphatic heterocycles. The zero-order chi connectivity index (χ0) is 27.4. The third-order valence-corrected chi connectivity index (χ3v) is 8.34. The summed E-state index contributed by atoms with van der Waals surface area (Å²) in [5.74, 6) is 0.365. The number of anilines is 1. The molecule has 0 spiro atoms. The van der Waals surface area contributed by atoms with Crippen molar-refractivity contribution in [2.24, 2.45) is 17.8 Å². The molecule has 2 amide bonds. The number of ether oxygens (including phenoxy) is 1. The number of amides is 2. The zero-order valence-electron chi connectivity index (χ0n) is 22.3. The summed E-state index contributed by atoms with van der Waals surface area (Å²) in [5, 5.41) is 12.6. The molecular weight excluding hydrogens is 518 g/mol. The van der Waals surface area contributed by atoms with Gasteiger partial charge in [0, 0.05) is 56.9 Å². The molecule has 1 saturated heterocycles. The second kappa shape index (κ2) is 12.4. The highest BCUT2D eigenvalue weighted by Gasteiger charge is 2.32. The molecule has 2 unspecified atom stereocenters. The van der Waals surface area contributed by atoms with Crippen LogP contribution in [0.25, 0.3) is 22.2 Å². The first-order valence-corrected chi connectivity index (χ1v) is 14.2. The smallest absolute Gasteiger partial charge is 0.228 e. The van der Waals surface area contributed by atoms with Crippen molar-refractivity contribution in [3.63, 3.8) is 0 Å². The average Bonchev–Trinajstić information content (AvgIpc) is 3.36. The van der Waals surface area contributed by atoms with Gasteiger partial charge in [-0.3, -0.25) is 9.59 Å². The van der Waals surface area contributed by atoms with E-state index in [9.17, 15) is 9.59 Å². The first-order chi connectivity index (χ1) is 18.9. The molecule has 0 bridgehead atoms. The topological polar surface area (TPSA) is 110 Å². The van der Waals surface area contributed by atoms with Crippen molar-refractivity contribution in [3.05, 3.63) is 41.8 Å². The van der Waals surface area contributed by atoms with Gasteiger partial charge in [0.25, 0.3) is 0 Å². The number of hydrogen-bond acceptors (Lipinski definition) is 6. The number of nitrogens with one attached hydrogen (secondary N) is 1. The minimum absolute atomic E-state index is 0.0140. The fourth-order valence-electron chi connectivity index (χ4n) is 5.76. The van der Waals surface area contributed by atoms with Crippen LogP contribution in [0.3, 0.4) is 0 Å². The lowest BCUT2D eigenvalue weighted by Gasteiger charge is -2.30. The number of carbonyl (C=O) groups excluding carboxylic acids is 2. The van der Waals surface area contributed by atoms with Crippen molar-refractivity contribution in [3.8, 4) is 11.1 Å². The quantitative estimate of drug-likeness (QED) is 0.428. The Kier molecular flexibility index (Phi) is 8.79. The first-order valence-electron chi connectivity index (χ1n) is 13.8. The van der Waals surface area contributed by atoms with Crippen molar-refractivity contribution in [1.29, 1.82) is 0 Å². The summed E-state index contributed by atoms with van der Waals surface area (Å²) < 4.78 is 7.71. The zero-order valence-corrected chi connectivity index (χ0v) is 23.1. The van der Waals surface area contributed by atoms with Crippen LogP contribution in [0.5, 0.6) is 0 Å². The normalized spacial score (nSPS) is 20.2. The van der Waals surface area contributed by atoms with Crippen molar-refractivity contribution in [1.82, 2.24) is 19.4 Å². The fourth-order valence-corrected chi connectivity index (χ4v) is 5.97. The third kappa shape index (κ3) is 6.42.